The predicted molar refractivity (Wildman–Crippen MR) is 127 cm³/mol. The van der Waals surface area contributed by atoms with E-state index >= 15 is 0 Å². The number of nitrogens with one attached hydrogen (secondary N) is 2. The van der Waals surface area contributed by atoms with Crippen molar-refractivity contribution in [2.75, 3.05) is 0 Å². The van der Waals surface area contributed by atoms with Gasteiger partial charge in [-0.2, -0.15) is 0 Å². The molecule has 0 spiro atoms. The number of benzene rings is 1. The van der Waals surface area contributed by atoms with Gasteiger partial charge in [0.25, 0.3) is 0 Å². The van der Waals surface area contributed by atoms with Crippen LogP contribution in [-0.2, 0) is 22.7 Å². The van der Waals surface area contributed by atoms with Crippen molar-refractivity contribution in [1.29, 1.82) is 0 Å². The summed E-state index contributed by atoms with van der Waals surface area (Å²) in [5, 5.41) is 6.26. The molecule has 176 valence electrons. The number of carbonyl (C=O) groups is 2. The van der Waals surface area contributed by atoms with E-state index < -0.39 is 6.04 Å². The maximum atomic E-state index is 13.5. The Morgan fingerprint density at radius 1 is 1.09 bits per heavy atom. The molecule has 1 unspecified atom stereocenters. The van der Waals surface area contributed by atoms with E-state index in [1.54, 1.807) is 12.5 Å². The van der Waals surface area contributed by atoms with Crippen molar-refractivity contribution in [3.05, 3.63) is 54.1 Å². The van der Waals surface area contributed by atoms with Gasteiger partial charge in [-0.05, 0) is 73.3 Å². The number of carbonyl (C=O) groups excluding carboxylic acids is 2. The zero-order valence-electron chi connectivity index (χ0n) is 19.8. The normalized spacial score (nSPS) is 28.6. The van der Waals surface area contributed by atoms with E-state index in [2.05, 4.69) is 27.8 Å². The maximum Gasteiger partial charge on any atom is 0.243 e. The standard InChI is InChI=1S/C27H36N4O2/c1-18(2)24(30-26(33)27-12-21-9-22(13-27)11-23(10-21)14-27)25(32)29-15-19-4-3-5-20(8-19)16-31-7-6-28-17-31/h3-8,17-18,21-24H,9-16H2,1-2H3,(H,29,32)(H,30,33). The summed E-state index contributed by atoms with van der Waals surface area (Å²) in [5.41, 5.74) is 1.98. The molecule has 6 heteroatoms. The summed E-state index contributed by atoms with van der Waals surface area (Å²) in [7, 11) is 0. The molecule has 1 aromatic heterocycles. The first-order valence-corrected chi connectivity index (χ1v) is 12.5. The minimum Gasteiger partial charge on any atom is -0.350 e. The van der Waals surface area contributed by atoms with Crippen LogP contribution in [0.3, 0.4) is 0 Å². The third kappa shape index (κ3) is 4.71. The van der Waals surface area contributed by atoms with Crippen molar-refractivity contribution < 1.29 is 9.59 Å². The van der Waals surface area contributed by atoms with Crippen LogP contribution in [-0.4, -0.2) is 27.4 Å². The molecule has 4 bridgehead atoms. The molecule has 2 amide bonds. The van der Waals surface area contributed by atoms with Gasteiger partial charge in [-0.1, -0.05) is 38.1 Å². The van der Waals surface area contributed by atoms with Crippen molar-refractivity contribution in [2.45, 2.75) is 71.5 Å². The third-order valence-corrected chi connectivity index (χ3v) is 8.14. The lowest BCUT2D eigenvalue weighted by molar-refractivity contribution is -0.149. The van der Waals surface area contributed by atoms with Gasteiger partial charge in [0.15, 0.2) is 0 Å². The van der Waals surface area contributed by atoms with E-state index in [1.165, 1.54) is 19.3 Å². The number of amides is 2. The number of hydrogen-bond donors (Lipinski definition) is 2. The lowest BCUT2D eigenvalue weighted by atomic mass is 9.49. The van der Waals surface area contributed by atoms with Crippen LogP contribution in [0.15, 0.2) is 43.0 Å². The fraction of sp³-hybridized carbons (Fsp3) is 0.593. The predicted octanol–water partition coefficient (Wildman–Crippen LogP) is 3.90. The van der Waals surface area contributed by atoms with E-state index in [1.807, 2.05) is 36.7 Å². The summed E-state index contributed by atoms with van der Waals surface area (Å²) < 4.78 is 2.02. The maximum absolute atomic E-state index is 13.5. The Morgan fingerprint density at radius 2 is 1.76 bits per heavy atom. The fourth-order valence-corrected chi connectivity index (χ4v) is 6.95. The summed E-state index contributed by atoms with van der Waals surface area (Å²) in [6, 6.07) is 7.73. The van der Waals surface area contributed by atoms with Gasteiger partial charge in [-0.15, -0.1) is 0 Å². The first-order valence-electron chi connectivity index (χ1n) is 12.5. The number of rotatable bonds is 8. The van der Waals surface area contributed by atoms with Gasteiger partial charge >= 0.3 is 0 Å². The summed E-state index contributed by atoms with van der Waals surface area (Å²) in [4.78, 5) is 30.7. The molecule has 1 atom stereocenters. The van der Waals surface area contributed by atoms with Crippen LogP contribution in [0.2, 0.25) is 0 Å². The van der Waals surface area contributed by atoms with Crippen molar-refractivity contribution >= 4 is 11.8 Å². The summed E-state index contributed by atoms with van der Waals surface area (Å²) in [5.74, 6) is 2.20. The molecule has 2 aromatic rings. The SMILES string of the molecule is CC(C)C(NC(=O)C12CC3CC(CC(C3)C1)C2)C(=O)NCc1cccc(Cn2ccnc2)c1. The lowest BCUT2D eigenvalue weighted by Gasteiger charge is -2.55. The Labute approximate surface area is 196 Å². The van der Waals surface area contributed by atoms with Gasteiger partial charge in [0, 0.05) is 30.9 Å². The summed E-state index contributed by atoms with van der Waals surface area (Å²) >= 11 is 0. The molecule has 4 aliphatic carbocycles. The van der Waals surface area contributed by atoms with Gasteiger partial charge < -0.3 is 15.2 Å². The Kier molecular flexibility index (Phi) is 6.02. The molecule has 0 saturated heterocycles. The third-order valence-electron chi connectivity index (χ3n) is 8.14. The summed E-state index contributed by atoms with van der Waals surface area (Å²) in [6.45, 7) is 5.22. The molecule has 6 rings (SSSR count). The highest BCUT2D eigenvalue weighted by molar-refractivity contribution is 5.90. The number of hydrogen-bond acceptors (Lipinski definition) is 3. The highest BCUT2D eigenvalue weighted by atomic mass is 16.2. The molecule has 33 heavy (non-hydrogen) atoms. The topological polar surface area (TPSA) is 76.0 Å². The van der Waals surface area contributed by atoms with E-state index in [4.69, 9.17) is 0 Å². The van der Waals surface area contributed by atoms with E-state index in [0.29, 0.717) is 24.3 Å². The Bertz CT molecular complexity index is 962. The average molecular weight is 449 g/mol. The van der Waals surface area contributed by atoms with E-state index in [9.17, 15) is 9.59 Å². The number of imidazole rings is 1. The van der Waals surface area contributed by atoms with Gasteiger partial charge in [-0.3, -0.25) is 9.59 Å². The van der Waals surface area contributed by atoms with Crippen LogP contribution in [0.1, 0.15) is 63.5 Å². The molecule has 0 radical (unpaired) electrons. The van der Waals surface area contributed by atoms with Gasteiger partial charge in [-0.25, -0.2) is 4.98 Å². The van der Waals surface area contributed by atoms with Gasteiger partial charge in [0.1, 0.15) is 6.04 Å². The summed E-state index contributed by atoms with van der Waals surface area (Å²) in [6.07, 6.45) is 12.5. The van der Waals surface area contributed by atoms with Crippen molar-refractivity contribution in [2.24, 2.45) is 29.1 Å². The quantitative estimate of drug-likeness (QED) is 0.643. The Morgan fingerprint density at radius 3 is 2.36 bits per heavy atom. The molecule has 4 fully saturated rings. The van der Waals surface area contributed by atoms with Crippen LogP contribution in [0.25, 0.3) is 0 Å². The fourth-order valence-electron chi connectivity index (χ4n) is 6.95. The smallest absolute Gasteiger partial charge is 0.243 e. The first-order chi connectivity index (χ1) is 15.9. The second kappa shape index (κ2) is 8.96. The number of aromatic nitrogens is 2. The van der Waals surface area contributed by atoms with Crippen LogP contribution in [0, 0.1) is 29.1 Å². The molecule has 0 aliphatic heterocycles. The molecule has 1 heterocycles. The van der Waals surface area contributed by atoms with Crippen molar-refractivity contribution in [3.63, 3.8) is 0 Å². The monoisotopic (exact) mass is 448 g/mol. The lowest BCUT2D eigenvalue weighted by Crippen LogP contribution is -2.58. The van der Waals surface area contributed by atoms with Crippen molar-refractivity contribution in [3.8, 4) is 0 Å². The van der Waals surface area contributed by atoms with Gasteiger partial charge in [0.2, 0.25) is 11.8 Å². The highest BCUT2D eigenvalue weighted by Crippen LogP contribution is 2.60. The molecular weight excluding hydrogens is 412 g/mol. The molecule has 2 N–H and O–H groups in total. The van der Waals surface area contributed by atoms with Gasteiger partial charge in [0.05, 0.1) is 6.33 Å². The van der Waals surface area contributed by atoms with Crippen LogP contribution < -0.4 is 10.6 Å². The second-order valence-corrected chi connectivity index (χ2v) is 11.2. The van der Waals surface area contributed by atoms with E-state index in [-0.39, 0.29) is 23.1 Å². The molecule has 6 nitrogen and oxygen atoms in total. The van der Waals surface area contributed by atoms with Crippen molar-refractivity contribution in [1.82, 2.24) is 20.2 Å². The number of nitrogens with zero attached hydrogens (tertiary/aromatic N) is 2. The largest absolute Gasteiger partial charge is 0.350 e. The molecule has 1 aromatic carbocycles. The minimum atomic E-state index is -0.500. The average Bonchev–Trinajstić information content (AvgIpc) is 3.28. The Balaban J connectivity index is 1.20. The van der Waals surface area contributed by atoms with E-state index in [0.717, 1.165) is 36.9 Å². The van der Waals surface area contributed by atoms with Crippen LogP contribution in [0.5, 0.6) is 0 Å². The zero-order chi connectivity index (χ0) is 23.0. The zero-order valence-corrected chi connectivity index (χ0v) is 19.8. The molecule has 4 saturated carbocycles. The minimum absolute atomic E-state index is 0.0374. The first kappa shape index (κ1) is 22.2. The Hall–Kier alpha value is -2.63. The molecular formula is C27H36N4O2. The molecule has 4 aliphatic rings. The highest BCUT2D eigenvalue weighted by Gasteiger charge is 2.55. The second-order valence-electron chi connectivity index (χ2n) is 11.2. The van der Waals surface area contributed by atoms with Crippen LogP contribution in [0.4, 0.5) is 0 Å². The van der Waals surface area contributed by atoms with Crippen LogP contribution >= 0.6 is 0 Å².